The maximum Gasteiger partial charge on any atom is 0.255 e. The summed E-state index contributed by atoms with van der Waals surface area (Å²) in [6.07, 6.45) is 2.24. The molecule has 4 rings (SSSR count). The van der Waals surface area contributed by atoms with Gasteiger partial charge in [0.05, 0.1) is 5.57 Å². The summed E-state index contributed by atoms with van der Waals surface area (Å²) in [6, 6.07) is 13.6. The minimum absolute atomic E-state index is 0.153. The maximum atomic E-state index is 13.7. The molecule has 6 nitrogen and oxygen atoms in total. The topological polar surface area (TPSA) is 71.8 Å². The molecule has 1 aromatic heterocycles. The largest absolute Gasteiger partial charge is 0.328 e. The van der Waals surface area contributed by atoms with E-state index in [0.29, 0.717) is 11.5 Å². The molecule has 0 bridgehead atoms. The molecule has 33 heavy (non-hydrogen) atoms. The lowest BCUT2D eigenvalue weighted by molar-refractivity contribution is -0.113. The highest BCUT2D eigenvalue weighted by Crippen LogP contribution is 2.37. The van der Waals surface area contributed by atoms with E-state index in [1.165, 1.54) is 0 Å². The van der Waals surface area contributed by atoms with Crippen molar-refractivity contribution in [3.05, 3.63) is 74.9 Å². The Balaban J connectivity index is 1.74. The molecule has 1 aliphatic rings. The number of hydrogen-bond acceptors (Lipinski definition) is 5. The summed E-state index contributed by atoms with van der Waals surface area (Å²) in [7, 11) is 0. The van der Waals surface area contributed by atoms with Crippen LogP contribution in [0, 0.1) is 13.8 Å². The van der Waals surface area contributed by atoms with Crippen molar-refractivity contribution in [2.45, 2.75) is 51.7 Å². The van der Waals surface area contributed by atoms with Crippen molar-refractivity contribution in [3.8, 4) is 0 Å². The van der Waals surface area contributed by atoms with E-state index >= 15 is 0 Å². The van der Waals surface area contributed by atoms with Crippen molar-refractivity contribution >= 4 is 45.2 Å². The van der Waals surface area contributed by atoms with Gasteiger partial charge in [0.1, 0.15) is 6.04 Å². The van der Waals surface area contributed by atoms with E-state index in [0.717, 1.165) is 56.3 Å². The number of carbonyl (C=O) groups excluding carboxylic acids is 1. The van der Waals surface area contributed by atoms with Crippen LogP contribution in [0.3, 0.4) is 0 Å². The number of hydrogen-bond donors (Lipinski definition) is 2. The van der Waals surface area contributed by atoms with E-state index in [1.807, 2.05) is 67.9 Å². The normalized spacial score (nSPS) is 15.2. The zero-order valence-corrected chi connectivity index (χ0v) is 21.7. The fraction of sp³-hybridized carbons (Fsp3) is 0.320. The summed E-state index contributed by atoms with van der Waals surface area (Å²) in [5.41, 5.74) is 5.37. The van der Waals surface area contributed by atoms with Gasteiger partial charge in [-0.3, -0.25) is 4.79 Å². The molecule has 172 valence electrons. The van der Waals surface area contributed by atoms with Gasteiger partial charge in [0, 0.05) is 21.6 Å². The van der Waals surface area contributed by atoms with E-state index in [-0.39, 0.29) is 5.91 Å². The average molecular weight is 527 g/mol. The highest BCUT2D eigenvalue weighted by Gasteiger charge is 2.34. The quantitative estimate of drug-likeness (QED) is 0.273. The number of carbonyl (C=O) groups is 1. The lowest BCUT2D eigenvalue weighted by Gasteiger charge is -2.29. The molecular weight excluding hydrogens is 498 g/mol. The third kappa shape index (κ3) is 5.01. The first-order chi connectivity index (χ1) is 15.9. The number of fused-ring (bicyclic) bond motifs is 1. The molecule has 0 fully saturated rings. The summed E-state index contributed by atoms with van der Waals surface area (Å²) >= 11 is 5.22. The molecule has 2 aromatic carbocycles. The Labute approximate surface area is 207 Å². The van der Waals surface area contributed by atoms with Gasteiger partial charge in [0.15, 0.2) is 0 Å². The number of halogens is 1. The number of aryl methyl sites for hydroxylation is 1. The van der Waals surface area contributed by atoms with E-state index < -0.39 is 6.04 Å². The molecule has 1 amide bonds. The zero-order valence-electron chi connectivity index (χ0n) is 19.3. The number of thioether (sulfide) groups is 1. The van der Waals surface area contributed by atoms with Crippen LogP contribution in [0.5, 0.6) is 0 Å². The second-order valence-corrected chi connectivity index (χ2v) is 10.2. The lowest BCUT2D eigenvalue weighted by Crippen LogP contribution is -2.31. The highest BCUT2D eigenvalue weighted by atomic mass is 79.9. The molecule has 1 unspecified atom stereocenters. The predicted molar refractivity (Wildman–Crippen MR) is 139 cm³/mol. The van der Waals surface area contributed by atoms with Gasteiger partial charge < -0.3 is 10.6 Å². The smallest absolute Gasteiger partial charge is 0.255 e. The third-order valence-corrected chi connectivity index (χ3v) is 7.24. The number of amides is 1. The zero-order chi connectivity index (χ0) is 23.5. The van der Waals surface area contributed by atoms with E-state index in [2.05, 4.69) is 33.5 Å². The summed E-state index contributed by atoms with van der Waals surface area (Å²) in [4.78, 5) is 18.4. The number of aromatic nitrogens is 3. The van der Waals surface area contributed by atoms with Crippen LogP contribution in [0.2, 0.25) is 0 Å². The fourth-order valence-corrected chi connectivity index (χ4v) is 5.18. The summed E-state index contributed by atoms with van der Waals surface area (Å²) in [6.45, 7) is 8.16. The Bertz CT molecular complexity index is 1220. The minimum atomic E-state index is -0.392. The molecule has 8 heteroatoms. The summed E-state index contributed by atoms with van der Waals surface area (Å²) in [5, 5.41) is 12.0. The molecular formula is C25H28BrN5OS. The second kappa shape index (κ2) is 10.1. The van der Waals surface area contributed by atoms with Crippen molar-refractivity contribution < 1.29 is 4.79 Å². The van der Waals surface area contributed by atoms with Gasteiger partial charge >= 0.3 is 0 Å². The summed E-state index contributed by atoms with van der Waals surface area (Å²) in [5.74, 6) is 1.47. The van der Waals surface area contributed by atoms with Crippen molar-refractivity contribution in [2.75, 3.05) is 16.4 Å². The number of nitrogens with zero attached hydrogens (tertiary/aromatic N) is 3. The van der Waals surface area contributed by atoms with Gasteiger partial charge in [-0.2, -0.15) is 4.98 Å². The Hall–Kier alpha value is -2.58. The average Bonchev–Trinajstić information content (AvgIpc) is 3.18. The van der Waals surface area contributed by atoms with Crippen molar-refractivity contribution in [1.82, 2.24) is 14.8 Å². The van der Waals surface area contributed by atoms with Gasteiger partial charge in [-0.25, -0.2) is 4.68 Å². The number of unbranched alkanes of at least 4 members (excludes halogenated alkanes) is 1. The van der Waals surface area contributed by atoms with E-state index in [9.17, 15) is 4.79 Å². The van der Waals surface area contributed by atoms with Crippen LogP contribution >= 0.6 is 27.7 Å². The van der Waals surface area contributed by atoms with Crippen LogP contribution in [-0.2, 0) is 4.79 Å². The van der Waals surface area contributed by atoms with Crippen molar-refractivity contribution in [1.29, 1.82) is 0 Å². The van der Waals surface area contributed by atoms with Crippen molar-refractivity contribution in [3.63, 3.8) is 0 Å². The number of rotatable bonds is 7. The maximum absolute atomic E-state index is 13.7. The number of benzene rings is 2. The van der Waals surface area contributed by atoms with Gasteiger partial charge in [-0.05, 0) is 62.1 Å². The molecule has 2 heterocycles. The van der Waals surface area contributed by atoms with Crippen LogP contribution in [0.4, 0.5) is 11.6 Å². The third-order valence-electron chi connectivity index (χ3n) is 5.82. The second-order valence-electron chi connectivity index (χ2n) is 8.19. The standard InChI is InChI=1S/C25H28BrN5OS/c1-5-6-13-33-25-29-24-27-17(4)21(23(32)28-20-12-7-9-15(2)16(20)3)22(31(24)30-25)18-10-8-11-19(26)14-18/h7-12,14,22H,5-6,13H2,1-4H3,(H,28,32)(H,27,29,30). The van der Waals surface area contributed by atoms with E-state index in [1.54, 1.807) is 11.8 Å². The minimum Gasteiger partial charge on any atom is -0.328 e. The number of anilines is 2. The van der Waals surface area contributed by atoms with Gasteiger partial charge in [0.2, 0.25) is 11.1 Å². The SMILES string of the molecule is CCCCSc1nc2n(n1)C(c1cccc(Br)c1)C(C(=O)Nc1cccc(C)c1C)=C(C)N2. The molecule has 0 aliphatic carbocycles. The molecule has 2 N–H and O–H groups in total. The first-order valence-electron chi connectivity index (χ1n) is 11.1. The number of allylic oxidation sites excluding steroid dienone is 1. The molecule has 0 spiro atoms. The van der Waals surface area contributed by atoms with Crippen LogP contribution < -0.4 is 10.6 Å². The Morgan fingerprint density at radius 2 is 2.00 bits per heavy atom. The number of nitrogens with one attached hydrogen (secondary N) is 2. The van der Waals surface area contributed by atoms with Crippen LogP contribution in [0.1, 0.15) is 49.4 Å². The lowest BCUT2D eigenvalue weighted by atomic mass is 9.95. The molecule has 3 aromatic rings. The first kappa shape index (κ1) is 23.6. The predicted octanol–water partition coefficient (Wildman–Crippen LogP) is 6.48. The van der Waals surface area contributed by atoms with Crippen LogP contribution in [-0.4, -0.2) is 26.4 Å². The fourth-order valence-electron chi connectivity index (χ4n) is 3.86. The molecule has 1 atom stereocenters. The molecule has 0 saturated carbocycles. The van der Waals surface area contributed by atoms with Crippen LogP contribution in [0.25, 0.3) is 0 Å². The van der Waals surface area contributed by atoms with Gasteiger partial charge in [0.25, 0.3) is 5.91 Å². The highest BCUT2D eigenvalue weighted by molar-refractivity contribution is 9.10. The summed E-state index contributed by atoms with van der Waals surface area (Å²) < 4.78 is 2.78. The van der Waals surface area contributed by atoms with Gasteiger partial charge in [-0.1, -0.05) is 65.3 Å². The molecule has 0 radical (unpaired) electrons. The molecule has 1 aliphatic heterocycles. The van der Waals surface area contributed by atoms with Crippen molar-refractivity contribution in [2.24, 2.45) is 0 Å². The molecule has 0 saturated heterocycles. The van der Waals surface area contributed by atoms with E-state index in [4.69, 9.17) is 10.1 Å². The first-order valence-corrected chi connectivity index (χ1v) is 12.9. The van der Waals surface area contributed by atoms with Crippen LogP contribution in [0.15, 0.2) is 63.4 Å². The van der Waals surface area contributed by atoms with Gasteiger partial charge in [-0.15, -0.1) is 5.10 Å². The monoisotopic (exact) mass is 525 g/mol. The Kier molecular flexibility index (Phi) is 7.24. The Morgan fingerprint density at radius 1 is 1.21 bits per heavy atom. The Morgan fingerprint density at radius 3 is 2.76 bits per heavy atom.